The summed E-state index contributed by atoms with van der Waals surface area (Å²) in [6.45, 7) is 2.49. The molecule has 2 atom stereocenters. The lowest BCUT2D eigenvalue weighted by atomic mass is 10.1. The Hall–Kier alpha value is -2.75. The summed E-state index contributed by atoms with van der Waals surface area (Å²) in [5.74, 6) is 0.851. The number of nitrogens with one attached hydrogen (secondary N) is 1. The van der Waals surface area contributed by atoms with Crippen molar-refractivity contribution in [3.8, 4) is 5.82 Å². The van der Waals surface area contributed by atoms with Gasteiger partial charge in [-0.25, -0.2) is 18.4 Å². The van der Waals surface area contributed by atoms with E-state index in [4.69, 9.17) is 0 Å². The van der Waals surface area contributed by atoms with Crippen LogP contribution in [0.2, 0.25) is 0 Å². The Labute approximate surface area is 169 Å². The first-order valence-corrected chi connectivity index (χ1v) is 11.4. The number of sulfone groups is 1. The number of aromatic nitrogens is 3. The van der Waals surface area contributed by atoms with E-state index >= 15 is 0 Å². The van der Waals surface area contributed by atoms with Crippen molar-refractivity contribution in [2.24, 2.45) is 5.92 Å². The number of imidazole rings is 1. The molecule has 154 valence electrons. The minimum Gasteiger partial charge on any atom is -0.352 e. The molecule has 0 bridgehead atoms. The number of carbonyl (C=O) groups is 2. The molecule has 0 saturated carbocycles. The van der Waals surface area contributed by atoms with Gasteiger partial charge in [0.2, 0.25) is 11.8 Å². The monoisotopic (exact) mass is 417 g/mol. The van der Waals surface area contributed by atoms with Crippen LogP contribution in [0.1, 0.15) is 24.2 Å². The lowest BCUT2D eigenvalue weighted by Crippen LogP contribution is -2.39. The Morgan fingerprint density at radius 3 is 2.83 bits per heavy atom. The van der Waals surface area contributed by atoms with Crippen molar-refractivity contribution in [1.82, 2.24) is 24.8 Å². The second-order valence-corrected chi connectivity index (χ2v) is 9.82. The van der Waals surface area contributed by atoms with Gasteiger partial charge in [0.1, 0.15) is 11.6 Å². The fourth-order valence-electron chi connectivity index (χ4n) is 3.94. The largest absolute Gasteiger partial charge is 0.352 e. The highest BCUT2D eigenvalue weighted by Gasteiger charge is 2.41. The maximum Gasteiger partial charge on any atom is 0.225 e. The summed E-state index contributed by atoms with van der Waals surface area (Å²) in [5, 5.41) is 2.89. The summed E-state index contributed by atoms with van der Waals surface area (Å²) >= 11 is 0. The Balaban J connectivity index is 1.36. The van der Waals surface area contributed by atoms with Gasteiger partial charge in [0.25, 0.3) is 0 Å². The number of hydrogen-bond donors (Lipinski definition) is 1. The number of amides is 2. The summed E-state index contributed by atoms with van der Waals surface area (Å²) in [4.78, 5) is 35.0. The van der Waals surface area contributed by atoms with Crippen LogP contribution in [0.4, 0.5) is 0 Å². The van der Waals surface area contributed by atoms with Crippen molar-refractivity contribution in [3.63, 3.8) is 0 Å². The topological polar surface area (TPSA) is 114 Å². The molecule has 29 heavy (non-hydrogen) atoms. The van der Waals surface area contributed by atoms with Crippen molar-refractivity contribution < 1.29 is 18.0 Å². The van der Waals surface area contributed by atoms with Gasteiger partial charge in [0.15, 0.2) is 9.84 Å². The van der Waals surface area contributed by atoms with E-state index in [0.29, 0.717) is 13.0 Å². The molecule has 1 N–H and O–H groups in total. The lowest BCUT2D eigenvalue weighted by Gasteiger charge is -2.22. The van der Waals surface area contributed by atoms with Crippen LogP contribution in [0, 0.1) is 12.8 Å². The van der Waals surface area contributed by atoms with Crippen LogP contribution in [0.15, 0.2) is 30.7 Å². The van der Waals surface area contributed by atoms with E-state index < -0.39 is 15.8 Å². The molecule has 2 aromatic rings. The molecular formula is C19H23N5O4S. The van der Waals surface area contributed by atoms with Crippen LogP contribution < -0.4 is 5.32 Å². The zero-order valence-corrected chi connectivity index (χ0v) is 16.9. The third-order valence-corrected chi connectivity index (χ3v) is 7.28. The summed E-state index contributed by atoms with van der Waals surface area (Å²) < 4.78 is 25.2. The van der Waals surface area contributed by atoms with E-state index in [-0.39, 0.29) is 42.3 Å². The quantitative estimate of drug-likeness (QED) is 0.745. The number of aryl methyl sites for hydroxylation is 1. The molecule has 4 heterocycles. The van der Waals surface area contributed by atoms with Gasteiger partial charge in [-0.15, -0.1) is 0 Å². The Morgan fingerprint density at radius 2 is 2.14 bits per heavy atom. The molecule has 2 unspecified atom stereocenters. The molecule has 9 nitrogen and oxygen atoms in total. The molecule has 0 aliphatic carbocycles. The van der Waals surface area contributed by atoms with Crippen molar-refractivity contribution >= 4 is 21.7 Å². The van der Waals surface area contributed by atoms with E-state index in [1.165, 1.54) is 0 Å². The van der Waals surface area contributed by atoms with Gasteiger partial charge in [-0.3, -0.25) is 14.2 Å². The second kappa shape index (κ2) is 7.58. The maximum absolute atomic E-state index is 12.6. The second-order valence-electron chi connectivity index (χ2n) is 7.59. The fourth-order valence-corrected chi connectivity index (χ4v) is 5.67. The first kappa shape index (κ1) is 19.6. The number of pyridine rings is 1. The van der Waals surface area contributed by atoms with Gasteiger partial charge in [0, 0.05) is 44.1 Å². The summed E-state index contributed by atoms with van der Waals surface area (Å²) in [6.07, 6.45) is 5.78. The van der Waals surface area contributed by atoms with Crippen molar-refractivity contribution in [1.29, 1.82) is 0 Å². The average molecular weight is 417 g/mol. The average Bonchev–Trinajstić information content (AvgIpc) is 3.38. The third-order valence-electron chi connectivity index (χ3n) is 5.53. The zero-order chi connectivity index (χ0) is 20.6. The van der Waals surface area contributed by atoms with Crippen LogP contribution in [0.5, 0.6) is 0 Å². The summed E-state index contributed by atoms with van der Waals surface area (Å²) in [5.41, 5.74) is 0.888. The van der Waals surface area contributed by atoms with E-state index in [9.17, 15) is 18.0 Å². The first-order chi connectivity index (χ1) is 13.8. The standard InChI is InChI=1S/C19H23N5O4S/c1-13-20-5-6-23(13)17-8-14(2-4-21-17)10-22-19(26)15-9-18(25)24(11-15)16-3-7-29(27,28)12-16/h2,4-6,8,15-16H,3,7,9-12H2,1H3,(H,22,26). The van der Waals surface area contributed by atoms with Crippen molar-refractivity contribution in [3.05, 3.63) is 42.1 Å². The van der Waals surface area contributed by atoms with Gasteiger partial charge < -0.3 is 10.2 Å². The van der Waals surface area contributed by atoms with Gasteiger partial charge >= 0.3 is 0 Å². The molecule has 2 aromatic heterocycles. The van der Waals surface area contributed by atoms with Gasteiger partial charge in [0.05, 0.1) is 17.4 Å². The summed E-state index contributed by atoms with van der Waals surface area (Å²) in [7, 11) is -3.07. The third kappa shape index (κ3) is 4.16. The molecule has 4 rings (SSSR count). The van der Waals surface area contributed by atoms with E-state index in [2.05, 4.69) is 15.3 Å². The highest BCUT2D eigenvalue weighted by atomic mass is 32.2. The summed E-state index contributed by atoms with van der Waals surface area (Å²) in [6, 6.07) is 3.40. The minimum absolute atomic E-state index is 0.000534. The van der Waals surface area contributed by atoms with Gasteiger partial charge in [-0.05, 0) is 31.0 Å². The molecule has 2 aliphatic rings. The molecule has 2 saturated heterocycles. The van der Waals surface area contributed by atoms with Crippen LogP contribution >= 0.6 is 0 Å². The van der Waals surface area contributed by atoms with Crippen LogP contribution in [-0.4, -0.2) is 63.8 Å². The Bertz CT molecular complexity index is 1050. The number of likely N-dealkylation sites (tertiary alicyclic amines) is 1. The molecule has 0 radical (unpaired) electrons. The predicted octanol–water partition coefficient (Wildman–Crippen LogP) is 0.228. The molecule has 0 spiro atoms. The van der Waals surface area contributed by atoms with Crippen LogP contribution in [0.3, 0.4) is 0 Å². The highest BCUT2D eigenvalue weighted by molar-refractivity contribution is 7.91. The van der Waals surface area contributed by atoms with E-state index in [1.807, 2.05) is 29.8 Å². The predicted molar refractivity (Wildman–Crippen MR) is 105 cm³/mol. The number of carbonyl (C=O) groups excluding carboxylic acids is 2. The highest BCUT2D eigenvalue weighted by Crippen LogP contribution is 2.26. The maximum atomic E-state index is 12.6. The molecular weight excluding hydrogens is 394 g/mol. The SMILES string of the molecule is Cc1nccn1-c1cc(CNC(=O)C2CC(=O)N(C3CCS(=O)(=O)C3)C2)ccn1. The molecule has 0 aromatic carbocycles. The van der Waals surface area contributed by atoms with Crippen molar-refractivity contribution in [2.45, 2.75) is 32.4 Å². The van der Waals surface area contributed by atoms with Gasteiger partial charge in [-0.1, -0.05) is 0 Å². The minimum atomic E-state index is -3.07. The number of rotatable bonds is 5. The Kier molecular flexibility index (Phi) is 5.12. The number of nitrogens with zero attached hydrogens (tertiary/aromatic N) is 4. The van der Waals surface area contributed by atoms with E-state index in [1.54, 1.807) is 17.3 Å². The Morgan fingerprint density at radius 1 is 1.31 bits per heavy atom. The lowest BCUT2D eigenvalue weighted by molar-refractivity contribution is -0.130. The molecule has 2 amide bonds. The zero-order valence-electron chi connectivity index (χ0n) is 16.1. The van der Waals surface area contributed by atoms with Crippen LogP contribution in [0.25, 0.3) is 5.82 Å². The first-order valence-electron chi connectivity index (χ1n) is 9.55. The normalized spacial score (nSPS) is 23.5. The number of hydrogen-bond acceptors (Lipinski definition) is 6. The molecule has 10 heteroatoms. The van der Waals surface area contributed by atoms with Crippen LogP contribution in [-0.2, 0) is 26.0 Å². The smallest absolute Gasteiger partial charge is 0.225 e. The van der Waals surface area contributed by atoms with Gasteiger partial charge in [-0.2, -0.15) is 0 Å². The molecule has 2 aliphatic heterocycles. The molecule has 2 fully saturated rings. The van der Waals surface area contributed by atoms with Crippen molar-refractivity contribution in [2.75, 3.05) is 18.1 Å². The fraction of sp³-hybridized carbons (Fsp3) is 0.474. The van der Waals surface area contributed by atoms with E-state index in [0.717, 1.165) is 17.2 Å².